The standard InChI is InChI=1S/C15H24N2O4/c1-10(2)20-14(18)12(15(19)21-11(3)4)6-7-13-16-8-9-17(13)5/h8-12H,6-7H2,1-5H3. The molecule has 0 radical (unpaired) electrons. The number of imidazole rings is 1. The molecule has 1 aromatic rings. The summed E-state index contributed by atoms with van der Waals surface area (Å²) < 4.78 is 12.2. The highest BCUT2D eigenvalue weighted by molar-refractivity contribution is 5.95. The van der Waals surface area contributed by atoms with Gasteiger partial charge in [0.25, 0.3) is 0 Å². The summed E-state index contributed by atoms with van der Waals surface area (Å²) in [5.41, 5.74) is 0. The van der Waals surface area contributed by atoms with E-state index < -0.39 is 17.9 Å². The lowest BCUT2D eigenvalue weighted by Gasteiger charge is -2.18. The van der Waals surface area contributed by atoms with Crippen LogP contribution in [0.3, 0.4) is 0 Å². The molecule has 0 atom stereocenters. The second-order valence-electron chi connectivity index (χ2n) is 5.52. The maximum Gasteiger partial charge on any atom is 0.320 e. The first-order chi connectivity index (χ1) is 9.81. The average Bonchev–Trinajstić information content (AvgIpc) is 2.73. The Morgan fingerprint density at radius 1 is 1.14 bits per heavy atom. The Morgan fingerprint density at radius 2 is 1.67 bits per heavy atom. The zero-order valence-electron chi connectivity index (χ0n) is 13.3. The first-order valence-corrected chi connectivity index (χ1v) is 7.18. The van der Waals surface area contributed by atoms with Crippen molar-refractivity contribution in [2.45, 2.75) is 52.7 Å². The molecule has 0 aliphatic heterocycles. The van der Waals surface area contributed by atoms with Crippen LogP contribution in [0.15, 0.2) is 12.4 Å². The molecule has 0 spiro atoms. The van der Waals surface area contributed by atoms with Crippen molar-refractivity contribution >= 4 is 11.9 Å². The summed E-state index contributed by atoms with van der Waals surface area (Å²) in [7, 11) is 1.87. The van der Waals surface area contributed by atoms with Crippen LogP contribution in [-0.2, 0) is 32.5 Å². The lowest BCUT2D eigenvalue weighted by molar-refractivity contribution is -0.166. The summed E-state index contributed by atoms with van der Waals surface area (Å²) in [6.07, 6.45) is 3.81. The lowest BCUT2D eigenvalue weighted by Crippen LogP contribution is -2.31. The molecule has 6 nitrogen and oxygen atoms in total. The van der Waals surface area contributed by atoms with Crippen LogP contribution in [0.25, 0.3) is 0 Å². The second kappa shape index (κ2) is 7.81. The summed E-state index contributed by atoms with van der Waals surface area (Å²) in [6.45, 7) is 7.01. The second-order valence-corrected chi connectivity index (χ2v) is 5.52. The van der Waals surface area contributed by atoms with E-state index in [0.29, 0.717) is 12.8 Å². The minimum Gasteiger partial charge on any atom is -0.462 e. The highest BCUT2D eigenvalue weighted by Crippen LogP contribution is 2.15. The summed E-state index contributed by atoms with van der Waals surface area (Å²) in [5, 5.41) is 0. The van der Waals surface area contributed by atoms with Gasteiger partial charge in [0.1, 0.15) is 5.82 Å². The molecule has 1 heterocycles. The zero-order valence-corrected chi connectivity index (χ0v) is 13.3. The van der Waals surface area contributed by atoms with Crippen LogP contribution < -0.4 is 0 Å². The van der Waals surface area contributed by atoms with Crippen molar-refractivity contribution in [3.63, 3.8) is 0 Å². The van der Waals surface area contributed by atoms with Crippen LogP contribution in [0, 0.1) is 5.92 Å². The Kier molecular flexibility index (Phi) is 6.39. The average molecular weight is 296 g/mol. The Balaban J connectivity index is 2.73. The van der Waals surface area contributed by atoms with Gasteiger partial charge in [-0.25, -0.2) is 4.98 Å². The van der Waals surface area contributed by atoms with Crippen LogP contribution >= 0.6 is 0 Å². The molecule has 0 fully saturated rings. The highest BCUT2D eigenvalue weighted by Gasteiger charge is 2.31. The SMILES string of the molecule is CC(C)OC(=O)C(CCc1nccn1C)C(=O)OC(C)C. The van der Waals surface area contributed by atoms with Gasteiger partial charge in [-0.15, -0.1) is 0 Å². The van der Waals surface area contributed by atoms with Crippen molar-refractivity contribution in [3.8, 4) is 0 Å². The topological polar surface area (TPSA) is 70.4 Å². The van der Waals surface area contributed by atoms with Crippen LogP contribution in [0.4, 0.5) is 0 Å². The van der Waals surface area contributed by atoms with Crippen molar-refractivity contribution in [1.29, 1.82) is 0 Å². The van der Waals surface area contributed by atoms with E-state index in [1.807, 2.05) is 17.8 Å². The molecule has 0 aliphatic rings. The zero-order chi connectivity index (χ0) is 16.0. The highest BCUT2D eigenvalue weighted by atomic mass is 16.6. The number of hydrogen-bond acceptors (Lipinski definition) is 5. The van der Waals surface area contributed by atoms with E-state index in [9.17, 15) is 9.59 Å². The number of hydrogen-bond donors (Lipinski definition) is 0. The number of carbonyl (C=O) groups is 2. The smallest absolute Gasteiger partial charge is 0.320 e. The van der Waals surface area contributed by atoms with Gasteiger partial charge < -0.3 is 14.0 Å². The first kappa shape index (κ1) is 17.2. The van der Waals surface area contributed by atoms with Crippen molar-refractivity contribution < 1.29 is 19.1 Å². The molecule has 118 valence electrons. The fourth-order valence-corrected chi connectivity index (χ4v) is 1.87. The number of ether oxygens (including phenoxy) is 2. The molecule has 0 unspecified atom stereocenters. The molecular weight excluding hydrogens is 272 g/mol. The molecule has 0 aromatic carbocycles. The number of aryl methyl sites for hydroxylation is 2. The summed E-state index contributed by atoms with van der Waals surface area (Å²) in [4.78, 5) is 28.3. The van der Waals surface area contributed by atoms with Crippen molar-refractivity contribution in [2.75, 3.05) is 0 Å². The molecule has 0 N–H and O–H groups in total. The number of carbonyl (C=O) groups excluding carboxylic acids is 2. The summed E-state index contributed by atoms with van der Waals surface area (Å²) >= 11 is 0. The van der Waals surface area contributed by atoms with Crippen LogP contribution in [0.5, 0.6) is 0 Å². The molecule has 0 saturated heterocycles. The number of rotatable bonds is 7. The summed E-state index contributed by atoms with van der Waals surface area (Å²) in [6, 6.07) is 0. The maximum absolute atomic E-state index is 12.1. The van der Waals surface area contributed by atoms with E-state index in [1.165, 1.54) is 0 Å². The van der Waals surface area contributed by atoms with Gasteiger partial charge in [0, 0.05) is 25.9 Å². The normalized spacial score (nSPS) is 11.2. The lowest BCUT2D eigenvalue weighted by atomic mass is 10.0. The molecule has 0 saturated carbocycles. The van der Waals surface area contributed by atoms with E-state index in [4.69, 9.17) is 9.47 Å². The molecule has 6 heteroatoms. The van der Waals surface area contributed by atoms with E-state index in [0.717, 1.165) is 5.82 Å². The van der Waals surface area contributed by atoms with Gasteiger partial charge in [-0.1, -0.05) is 0 Å². The monoisotopic (exact) mass is 296 g/mol. The van der Waals surface area contributed by atoms with Crippen molar-refractivity contribution in [1.82, 2.24) is 9.55 Å². The molecular formula is C15H24N2O4. The van der Waals surface area contributed by atoms with E-state index in [2.05, 4.69) is 4.98 Å². The summed E-state index contributed by atoms with van der Waals surface area (Å²) in [5.74, 6) is -1.17. The molecule has 0 aliphatic carbocycles. The molecule has 1 rings (SSSR count). The van der Waals surface area contributed by atoms with Gasteiger partial charge in [-0.05, 0) is 34.1 Å². The number of aromatic nitrogens is 2. The Hall–Kier alpha value is -1.85. The quantitative estimate of drug-likeness (QED) is 0.567. The van der Waals surface area contributed by atoms with E-state index in [1.54, 1.807) is 33.9 Å². The fourth-order valence-electron chi connectivity index (χ4n) is 1.87. The predicted octanol–water partition coefficient (Wildman–Crippen LogP) is 1.87. The fraction of sp³-hybridized carbons (Fsp3) is 0.667. The van der Waals surface area contributed by atoms with Gasteiger partial charge in [0.15, 0.2) is 5.92 Å². The Bertz CT molecular complexity index is 458. The van der Waals surface area contributed by atoms with Gasteiger partial charge in [-0.2, -0.15) is 0 Å². The molecule has 0 bridgehead atoms. The van der Waals surface area contributed by atoms with Gasteiger partial charge >= 0.3 is 11.9 Å². The molecule has 1 aromatic heterocycles. The molecule has 0 amide bonds. The minimum absolute atomic E-state index is 0.264. The number of nitrogens with zero attached hydrogens (tertiary/aromatic N) is 2. The van der Waals surface area contributed by atoms with E-state index in [-0.39, 0.29) is 12.2 Å². The minimum atomic E-state index is -0.911. The van der Waals surface area contributed by atoms with Gasteiger partial charge in [0.2, 0.25) is 0 Å². The van der Waals surface area contributed by atoms with E-state index >= 15 is 0 Å². The number of esters is 2. The third kappa shape index (κ3) is 5.57. The van der Waals surface area contributed by atoms with Crippen LogP contribution in [-0.4, -0.2) is 33.7 Å². The van der Waals surface area contributed by atoms with Gasteiger partial charge in [-0.3, -0.25) is 9.59 Å². The van der Waals surface area contributed by atoms with Crippen LogP contribution in [0.2, 0.25) is 0 Å². The van der Waals surface area contributed by atoms with Crippen LogP contribution in [0.1, 0.15) is 39.9 Å². The first-order valence-electron chi connectivity index (χ1n) is 7.18. The van der Waals surface area contributed by atoms with Gasteiger partial charge in [0.05, 0.1) is 12.2 Å². The largest absolute Gasteiger partial charge is 0.462 e. The third-order valence-electron chi connectivity index (χ3n) is 2.85. The van der Waals surface area contributed by atoms with Crippen molar-refractivity contribution in [3.05, 3.63) is 18.2 Å². The molecule has 21 heavy (non-hydrogen) atoms. The Morgan fingerprint density at radius 3 is 2.05 bits per heavy atom. The predicted molar refractivity (Wildman–Crippen MR) is 77.5 cm³/mol. The van der Waals surface area contributed by atoms with Crippen molar-refractivity contribution in [2.24, 2.45) is 13.0 Å². The Labute approximate surface area is 125 Å². The maximum atomic E-state index is 12.1. The third-order valence-corrected chi connectivity index (χ3v) is 2.85.